The zero-order chi connectivity index (χ0) is 12.7. The van der Waals surface area contributed by atoms with Gasteiger partial charge in [-0.15, -0.1) is 0 Å². The molecule has 0 bridgehead atoms. The molecule has 2 aromatic carbocycles. The van der Waals surface area contributed by atoms with Crippen molar-refractivity contribution in [3.63, 3.8) is 0 Å². The molecule has 0 radical (unpaired) electrons. The molecule has 0 fully saturated rings. The summed E-state index contributed by atoms with van der Waals surface area (Å²) < 4.78 is 2.27. The second-order valence-electron chi connectivity index (χ2n) is 4.47. The van der Waals surface area contributed by atoms with E-state index in [-0.39, 0.29) is 0 Å². The summed E-state index contributed by atoms with van der Waals surface area (Å²) in [6.07, 6.45) is 1.84. The maximum absolute atomic E-state index is 6.20. The van der Waals surface area contributed by atoms with E-state index in [2.05, 4.69) is 48.4 Å². The van der Waals surface area contributed by atoms with Gasteiger partial charge in [-0.25, -0.2) is 0 Å². The number of hydrogen-bond acceptors (Lipinski definition) is 1. The molecule has 0 aliphatic carbocycles. The van der Waals surface area contributed by atoms with Gasteiger partial charge in [0.05, 0.1) is 11.2 Å². The quantitative estimate of drug-likeness (QED) is 0.669. The molecule has 0 saturated carbocycles. The number of fused-ring (bicyclic) bond motifs is 3. The fourth-order valence-corrected chi connectivity index (χ4v) is 2.69. The van der Waals surface area contributed by atoms with E-state index in [1.54, 1.807) is 0 Å². The zero-order valence-corrected chi connectivity index (χ0v) is 10.5. The lowest BCUT2D eigenvalue weighted by Crippen LogP contribution is -1.97. The molecule has 2 nitrogen and oxygen atoms in total. The minimum absolute atomic E-state index is 0.820. The summed E-state index contributed by atoms with van der Waals surface area (Å²) in [6, 6.07) is 12.6. The van der Waals surface area contributed by atoms with Gasteiger partial charge in [-0.2, -0.15) is 0 Å². The van der Waals surface area contributed by atoms with E-state index >= 15 is 0 Å². The van der Waals surface area contributed by atoms with Crippen LogP contribution in [-0.4, -0.2) is 4.57 Å². The van der Waals surface area contributed by atoms with Crippen LogP contribution in [-0.2, 0) is 6.54 Å². The number of benzene rings is 2. The van der Waals surface area contributed by atoms with Crippen molar-refractivity contribution < 1.29 is 0 Å². The zero-order valence-electron chi connectivity index (χ0n) is 10.5. The molecular formula is C16H16N2. The molecule has 18 heavy (non-hydrogen) atoms. The Morgan fingerprint density at radius 2 is 2.00 bits per heavy atom. The third kappa shape index (κ3) is 1.35. The third-order valence-corrected chi connectivity index (χ3v) is 3.47. The normalized spacial score (nSPS) is 11.2. The standard InChI is InChI=1S/C16H16N2/c1-3-11-9-13-12-7-5-6-8-15(12)18(4-2)16(13)14(17)10-11/h3,5-10H,1,4,17H2,2H3. The van der Waals surface area contributed by atoms with E-state index in [0.717, 1.165) is 23.3 Å². The summed E-state index contributed by atoms with van der Waals surface area (Å²) in [4.78, 5) is 0. The van der Waals surface area contributed by atoms with E-state index in [4.69, 9.17) is 5.73 Å². The van der Waals surface area contributed by atoms with E-state index in [1.807, 2.05) is 12.1 Å². The van der Waals surface area contributed by atoms with Crippen LogP contribution in [0.5, 0.6) is 0 Å². The molecular weight excluding hydrogens is 220 g/mol. The van der Waals surface area contributed by atoms with Crippen LogP contribution in [0.25, 0.3) is 27.9 Å². The van der Waals surface area contributed by atoms with Crippen LogP contribution in [0.1, 0.15) is 12.5 Å². The van der Waals surface area contributed by atoms with Gasteiger partial charge < -0.3 is 10.3 Å². The molecule has 0 unspecified atom stereocenters. The van der Waals surface area contributed by atoms with Crippen molar-refractivity contribution in [1.29, 1.82) is 0 Å². The van der Waals surface area contributed by atoms with Crippen molar-refractivity contribution in [3.8, 4) is 0 Å². The predicted molar refractivity (Wildman–Crippen MR) is 79.6 cm³/mol. The second-order valence-corrected chi connectivity index (χ2v) is 4.47. The number of nitrogens with zero attached hydrogens (tertiary/aromatic N) is 1. The lowest BCUT2D eigenvalue weighted by atomic mass is 10.1. The SMILES string of the molecule is C=Cc1cc(N)c2c(c1)c1ccccc1n2CC. The van der Waals surface area contributed by atoms with Crippen molar-refractivity contribution >= 4 is 33.6 Å². The molecule has 3 aromatic rings. The van der Waals surface area contributed by atoms with Crippen LogP contribution >= 0.6 is 0 Å². The first kappa shape index (κ1) is 10.9. The van der Waals surface area contributed by atoms with Crippen LogP contribution in [0.15, 0.2) is 43.0 Å². The number of rotatable bonds is 2. The number of aryl methyl sites for hydroxylation is 1. The summed E-state index contributed by atoms with van der Waals surface area (Å²) in [6.45, 7) is 6.89. The Hall–Kier alpha value is -2.22. The second kappa shape index (κ2) is 3.91. The van der Waals surface area contributed by atoms with Crippen molar-refractivity contribution in [2.45, 2.75) is 13.5 Å². The Balaban J connectivity index is 2.59. The van der Waals surface area contributed by atoms with Crippen LogP contribution in [0.4, 0.5) is 5.69 Å². The Labute approximate surface area is 106 Å². The highest BCUT2D eigenvalue weighted by molar-refractivity contribution is 6.12. The Morgan fingerprint density at radius 3 is 2.72 bits per heavy atom. The largest absolute Gasteiger partial charge is 0.397 e. The molecule has 0 spiro atoms. The van der Waals surface area contributed by atoms with E-state index < -0.39 is 0 Å². The van der Waals surface area contributed by atoms with Crippen LogP contribution in [0.3, 0.4) is 0 Å². The summed E-state index contributed by atoms with van der Waals surface area (Å²) in [5, 5.41) is 2.46. The van der Waals surface area contributed by atoms with Gasteiger partial charge in [-0.1, -0.05) is 30.9 Å². The smallest absolute Gasteiger partial charge is 0.0725 e. The molecule has 3 rings (SSSR count). The highest BCUT2D eigenvalue weighted by atomic mass is 15.0. The molecule has 90 valence electrons. The number of aromatic nitrogens is 1. The Kier molecular flexibility index (Phi) is 2.37. The minimum atomic E-state index is 0.820. The number of nitrogen functional groups attached to an aromatic ring is 1. The number of hydrogen-bond donors (Lipinski definition) is 1. The van der Waals surface area contributed by atoms with Crippen LogP contribution in [0.2, 0.25) is 0 Å². The fourth-order valence-electron chi connectivity index (χ4n) is 2.69. The Morgan fingerprint density at radius 1 is 1.22 bits per heavy atom. The van der Waals surface area contributed by atoms with Crippen molar-refractivity contribution in [2.24, 2.45) is 0 Å². The van der Waals surface area contributed by atoms with Crippen molar-refractivity contribution in [1.82, 2.24) is 4.57 Å². The molecule has 0 atom stereocenters. The molecule has 0 saturated heterocycles. The van der Waals surface area contributed by atoms with Crippen molar-refractivity contribution in [2.75, 3.05) is 5.73 Å². The number of nitrogens with two attached hydrogens (primary N) is 1. The summed E-state index contributed by atoms with van der Waals surface area (Å²) >= 11 is 0. The highest BCUT2D eigenvalue weighted by Gasteiger charge is 2.11. The minimum Gasteiger partial charge on any atom is -0.397 e. The van der Waals surface area contributed by atoms with Crippen LogP contribution < -0.4 is 5.73 Å². The van der Waals surface area contributed by atoms with E-state index in [0.29, 0.717) is 0 Å². The molecule has 0 amide bonds. The average Bonchev–Trinajstić information content (AvgIpc) is 2.73. The van der Waals surface area contributed by atoms with Gasteiger partial charge in [-0.3, -0.25) is 0 Å². The topological polar surface area (TPSA) is 30.9 Å². The first-order chi connectivity index (χ1) is 8.76. The van der Waals surface area contributed by atoms with Gasteiger partial charge in [-0.05, 0) is 30.7 Å². The first-order valence-electron chi connectivity index (χ1n) is 6.19. The fraction of sp³-hybridized carbons (Fsp3) is 0.125. The molecule has 0 aliphatic rings. The van der Waals surface area contributed by atoms with Gasteiger partial charge in [0.25, 0.3) is 0 Å². The summed E-state index contributed by atoms with van der Waals surface area (Å²) in [5.74, 6) is 0. The lowest BCUT2D eigenvalue weighted by Gasteiger charge is -2.06. The average molecular weight is 236 g/mol. The van der Waals surface area contributed by atoms with E-state index in [1.165, 1.54) is 16.3 Å². The Bertz CT molecular complexity index is 750. The van der Waals surface area contributed by atoms with Gasteiger partial charge >= 0.3 is 0 Å². The van der Waals surface area contributed by atoms with Gasteiger partial charge in [0, 0.05) is 22.8 Å². The van der Waals surface area contributed by atoms with Gasteiger partial charge in [0.1, 0.15) is 0 Å². The third-order valence-electron chi connectivity index (χ3n) is 3.47. The van der Waals surface area contributed by atoms with Gasteiger partial charge in [0.15, 0.2) is 0 Å². The monoisotopic (exact) mass is 236 g/mol. The van der Waals surface area contributed by atoms with Crippen molar-refractivity contribution in [3.05, 3.63) is 48.5 Å². The van der Waals surface area contributed by atoms with Gasteiger partial charge in [0.2, 0.25) is 0 Å². The maximum atomic E-state index is 6.20. The molecule has 0 aliphatic heterocycles. The lowest BCUT2D eigenvalue weighted by molar-refractivity contribution is 0.828. The molecule has 2 N–H and O–H groups in total. The molecule has 1 aromatic heterocycles. The van der Waals surface area contributed by atoms with Crippen LogP contribution in [0, 0.1) is 0 Å². The first-order valence-corrected chi connectivity index (χ1v) is 6.19. The summed E-state index contributed by atoms with van der Waals surface area (Å²) in [7, 11) is 0. The maximum Gasteiger partial charge on any atom is 0.0725 e. The molecule has 1 heterocycles. The molecule has 2 heteroatoms. The number of anilines is 1. The number of para-hydroxylation sites is 1. The highest BCUT2D eigenvalue weighted by Crippen LogP contribution is 2.33. The predicted octanol–water partition coefficient (Wildman–Crippen LogP) is 4.04. The summed E-state index contributed by atoms with van der Waals surface area (Å²) in [5.41, 5.74) is 10.5. The van der Waals surface area contributed by atoms with E-state index in [9.17, 15) is 0 Å².